The zero-order chi connectivity index (χ0) is 19.3. The van der Waals surface area contributed by atoms with E-state index in [1.807, 2.05) is 25.1 Å². The lowest BCUT2D eigenvalue weighted by molar-refractivity contribution is 0.601. The molecule has 0 aliphatic carbocycles. The van der Waals surface area contributed by atoms with E-state index in [1.54, 1.807) is 24.3 Å². The van der Waals surface area contributed by atoms with Crippen LogP contribution in [0.4, 0.5) is 11.4 Å². The van der Waals surface area contributed by atoms with Crippen LogP contribution in [0.25, 0.3) is 5.57 Å². The second-order valence-electron chi connectivity index (χ2n) is 5.55. The summed E-state index contributed by atoms with van der Waals surface area (Å²) in [6.45, 7) is 1.93. The SMILES string of the molecule is Cc1ccc(NS(=O)(=O)c2ccc(NC=C(C#N)c3nn[nH]n3)cc2)cc1. The predicted molar refractivity (Wildman–Crippen MR) is 99.8 cm³/mol. The molecule has 27 heavy (non-hydrogen) atoms. The normalized spacial score (nSPS) is 11.6. The number of anilines is 2. The van der Waals surface area contributed by atoms with Gasteiger partial charge >= 0.3 is 0 Å². The molecule has 136 valence electrons. The van der Waals surface area contributed by atoms with Gasteiger partial charge in [0.2, 0.25) is 5.82 Å². The summed E-state index contributed by atoms with van der Waals surface area (Å²) in [5.41, 5.74) is 2.31. The van der Waals surface area contributed by atoms with Crippen LogP contribution in [0.3, 0.4) is 0 Å². The molecule has 0 amide bonds. The number of nitriles is 1. The lowest BCUT2D eigenvalue weighted by atomic mass is 10.2. The fourth-order valence-corrected chi connectivity index (χ4v) is 3.20. The molecule has 3 N–H and O–H groups in total. The highest BCUT2D eigenvalue weighted by atomic mass is 32.2. The van der Waals surface area contributed by atoms with E-state index in [0.717, 1.165) is 5.56 Å². The maximum Gasteiger partial charge on any atom is 0.261 e. The van der Waals surface area contributed by atoms with E-state index >= 15 is 0 Å². The zero-order valence-electron chi connectivity index (χ0n) is 14.2. The Labute approximate surface area is 155 Å². The summed E-state index contributed by atoms with van der Waals surface area (Å²) >= 11 is 0. The molecule has 0 atom stereocenters. The summed E-state index contributed by atoms with van der Waals surface area (Å²) in [5, 5.41) is 25.1. The molecule has 0 saturated carbocycles. The highest BCUT2D eigenvalue weighted by Crippen LogP contribution is 2.19. The van der Waals surface area contributed by atoms with E-state index in [4.69, 9.17) is 5.26 Å². The van der Waals surface area contributed by atoms with Crippen LogP contribution < -0.4 is 10.0 Å². The molecule has 0 spiro atoms. The Balaban J connectivity index is 1.73. The number of tetrazole rings is 1. The number of rotatable bonds is 6. The quantitative estimate of drug-likeness (QED) is 0.557. The first-order chi connectivity index (χ1) is 13.0. The highest BCUT2D eigenvalue weighted by molar-refractivity contribution is 7.92. The van der Waals surface area contributed by atoms with Gasteiger partial charge in [-0.1, -0.05) is 17.7 Å². The van der Waals surface area contributed by atoms with E-state index in [9.17, 15) is 8.42 Å². The summed E-state index contributed by atoms with van der Waals surface area (Å²) in [7, 11) is -3.69. The van der Waals surface area contributed by atoms with Crippen LogP contribution in [0, 0.1) is 18.3 Å². The van der Waals surface area contributed by atoms with Crippen LogP contribution >= 0.6 is 0 Å². The molecule has 0 fully saturated rings. The van der Waals surface area contributed by atoms with Crippen LogP contribution in [-0.4, -0.2) is 29.0 Å². The summed E-state index contributed by atoms with van der Waals surface area (Å²) < 4.78 is 27.4. The van der Waals surface area contributed by atoms with Crippen molar-refractivity contribution in [2.75, 3.05) is 10.0 Å². The van der Waals surface area contributed by atoms with Gasteiger partial charge < -0.3 is 5.32 Å². The van der Waals surface area contributed by atoms with Gasteiger partial charge in [-0.2, -0.15) is 10.5 Å². The van der Waals surface area contributed by atoms with Gasteiger partial charge in [0.05, 0.1) is 4.90 Å². The first-order valence-electron chi connectivity index (χ1n) is 7.78. The Morgan fingerprint density at radius 3 is 2.37 bits per heavy atom. The molecule has 1 heterocycles. The number of aromatic amines is 1. The summed E-state index contributed by atoms with van der Waals surface area (Å²) in [5.74, 6) is 0.159. The third-order valence-electron chi connectivity index (χ3n) is 3.56. The van der Waals surface area contributed by atoms with E-state index < -0.39 is 10.0 Å². The van der Waals surface area contributed by atoms with E-state index in [-0.39, 0.29) is 16.3 Å². The van der Waals surface area contributed by atoms with Crippen molar-refractivity contribution in [2.24, 2.45) is 0 Å². The number of H-pyrrole nitrogens is 1. The predicted octanol–water partition coefficient (Wildman–Crippen LogP) is 2.29. The monoisotopic (exact) mass is 381 g/mol. The van der Waals surface area contributed by atoms with Gasteiger partial charge in [-0.3, -0.25) is 4.72 Å². The Morgan fingerprint density at radius 1 is 1.11 bits per heavy atom. The molecular formula is C17H15N7O2S. The molecule has 0 saturated heterocycles. The van der Waals surface area contributed by atoms with Gasteiger partial charge in [-0.25, -0.2) is 8.42 Å². The van der Waals surface area contributed by atoms with Crippen molar-refractivity contribution in [1.29, 1.82) is 5.26 Å². The van der Waals surface area contributed by atoms with Gasteiger partial charge in [0.15, 0.2) is 0 Å². The number of benzene rings is 2. The average Bonchev–Trinajstić information content (AvgIpc) is 3.19. The van der Waals surface area contributed by atoms with E-state index in [0.29, 0.717) is 11.4 Å². The van der Waals surface area contributed by atoms with Crippen molar-refractivity contribution in [3.05, 3.63) is 66.1 Å². The van der Waals surface area contributed by atoms with Crippen LogP contribution in [-0.2, 0) is 10.0 Å². The van der Waals surface area contributed by atoms with Crippen LogP contribution in [0.1, 0.15) is 11.4 Å². The molecule has 3 rings (SSSR count). The smallest absolute Gasteiger partial charge is 0.261 e. The van der Waals surface area contributed by atoms with Crippen LogP contribution in [0.5, 0.6) is 0 Å². The van der Waals surface area contributed by atoms with Gasteiger partial charge in [0.25, 0.3) is 10.0 Å². The minimum absolute atomic E-state index is 0.122. The maximum absolute atomic E-state index is 12.5. The minimum atomic E-state index is -3.69. The largest absolute Gasteiger partial charge is 0.360 e. The van der Waals surface area contributed by atoms with Crippen molar-refractivity contribution in [1.82, 2.24) is 20.6 Å². The van der Waals surface area contributed by atoms with E-state index in [2.05, 4.69) is 30.7 Å². The lowest BCUT2D eigenvalue weighted by Crippen LogP contribution is -2.12. The number of hydrogen-bond acceptors (Lipinski definition) is 7. The molecule has 0 unspecified atom stereocenters. The van der Waals surface area contributed by atoms with Crippen molar-refractivity contribution >= 4 is 27.0 Å². The van der Waals surface area contributed by atoms with Gasteiger partial charge in [-0.15, -0.1) is 10.2 Å². The highest BCUT2D eigenvalue weighted by Gasteiger charge is 2.14. The van der Waals surface area contributed by atoms with Gasteiger partial charge in [0.1, 0.15) is 11.6 Å². The number of nitrogens with zero attached hydrogens (tertiary/aromatic N) is 4. The van der Waals surface area contributed by atoms with Crippen molar-refractivity contribution in [3.63, 3.8) is 0 Å². The fourth-order valence-electron chi connectivity index (χ4n) is 2.14. The number of aryl methyl sites for hydroxylation is 1. The van der Waals surface area contributed by atoms with Crippen molar-refractivity contribution < 1.29 is 8.42 Å². The molecule has 0 aliphatic heterocycles. The number of nitrogens with one attached hydrogen (secondary N) is 3. The molecule has 2 aromatic carbocycles. The summed E-state index contributed by atoms with van der Waals surface area (Å²) in [4.78, 5) is 0.122. The standard InChI is InChI=1S/C17H15N7O2S/c1-12-2-4-15(5-3-12)22-27(25,26)16-8-6-14(7-9-16)19-11-13(10-18)17-20-23-24-21-17/h2-9,11,19,22H,1H3,(H,20,21,23,24). The summed E-state index contributed by atoms with van der Waals surface area (Å²) in [6, 6.07) is 15.1. The fraction of sp³-hybridized carbons (Fsp3) is 0.0588. The zero-order valence-corrected chi connectivity index (χ0v) is 15.0. The molecule has 10 heteroatoms. The Hall–Kier alpha value is -3.71. The van der Waals surface area contributed by atoms with Gasteiger partial charge in [0, 0.05) is 17.6 Å². The number of sulfonamides is 1. The van der Waals surface area contributed by atoms with Crippen LogP contribution in [0.15, 0.2) is 59.6 Å². The van der Waals surface area contributed by atoms with Crippen LogP contribution in [0.2, 0.25) is 0 Å². The lowest BCUT2D eigenvalue weighted by Gasteiger charge is -2.09. The molecule has 1 aromatic heterocycles. The summed E-state index contributed by atoms with van der Waals surface area (Å²) in [6.07, 6.45) is 1.42. The van der Waals surface area contributed by atoms with Crippen molar-refractivity contribution in [2.45, 2.75) is 11.8 Å². The second-order valence-corrected chi connectivity index (χ2v) is 7.23. The molecular weight excluding hydrogens is 366 g/mol. The molecule has 0 bridgehead atoms. The number of hydrogen-bond donors (Lipinski definition) is 3. The topological polar surface area (TPSA) is 136 Å². The number of aromatic nitrogens is 4. The van der Waals surface area contributed by atoms with Crippen molar-refractivity contribution in [3.8, 4) is 6.07 Å². The first kappa shape index (κ1) is 18.1. The maximum atomic E-state index is 12.5. The Morgan fingerprint density at radius 2 is 1.78 bits per heavy atom. The number of allylic oxidation sites excluding steroid dienone is 1. The minimum Gasteiger partial charge on any atom is -0.360 e. The van der Waals surface area contributed by atoms with Gasteiger partial charge in [-0.05, 0) is 48.5 Å². The Kier molecular flexibility index (Phi) is 5.14. The molecule has 0 radical (unpaired) electrons. The third kappa shape index (κ3) is 4.47. The molecule has 0 aliphatic rings. The second kappa shape index (κ2) is 7.67. The molecule has 9 nitrogen and oxygen atoms in total. The van der Waals surface area contributed by atoms with E-state index in [1.165, 1.54) is 18.3 Å². The molecule has 3 aromatic rings. The Bertz CT molecular complexity index is 1080. The first-order valence-corrected chi connectivity index (χ1v) is 9.26. The average molecular weight is 381 g/mol. The third-order valence-corrected chi connectivity index (χ3v) is 4.96.